The lowest BCUT2D eigenvalue weighted by atomic mass is 9.96. The van der Waals surface area contributed by atoms with E-state index < -0.39 is 59.0 Å². The highest BCUT2D eigenvalue weighted by atomic mass is 31.2. The molecular formula is C46H54NO12PSi. The Kier molecular flexibility index (Phi) is 14.0. The van der Waals surface area contributed by atoms with E-state index in [0.717, 1.165) is 38.9 Å². The first-order valence-electron chi connectivity index (χ1n) is 20.4. The maximum atomic E-state index is 14.6. The van der Waals surface area contributed by atoms with Crippen molar-refractivity contribution in [3.8, 4) is 11.1 Å². The van der Waals surface area contributed by atoms with Crippen molar-refractivity contribution in [2.45, 2.75) is 95.3 Å². The van der Waals surface area contributed by atoms with Gasteiger partial charge in [-0.15, -0.1) is 0 Å². The van der Waals surface area contributed by atoms with Crippen molar-refractivity contribution in [3.63, 3.8) is 0 Å². The zero-order valence-electron chi connectivity index (χ0n) is 35.2. The lowest BCUT2D eigenvalue weighted by molar-refractivity contribution is -0.250. The van der Waals surface area contributed by atoms with Gasteiger partial charge in [-0.1, -0.05) is 137 Å². The highest BCUT2D eigenvalue weighted by Crippen LogP contribution is 2.55. The van der Waals surface area contributed by atoms with Crippen molar-refractivity contribution < 1.29 is 55.8 Å². The highest BCUT2D eigenvalue weighted by Gasteiger charge is 2.56. The maximum absolute atomic E-state index is 14.6. The average molecular weight is 872 g/mol. The fourth-order valence-electron chi connectivity index (χ4n) is 7.32. The zero-order chi connectivity index (χ0) is 43.2. The summed E-state index contributed by atoms with van der Waals surface area (Å²) in [6, 6.07) is 31.6. The molecule has 0 saturated carbocycles. The summed E-state index contributed by atoms with van der Waals surface area (Å²) >= 11 is 0. The van der Waals surface area contributed by atoms with Crippen LogP contribution in [0, 0.1) is 0 Å². The molecule has 3 aliphatic rings. The van der Waals surface area contributed by atoms with Crippen LogP contribution in [-0.2, 0) is 66.1 Å². The first-order chi connectivity index (χ1) is 29.2. The van der Waals surface area contributed by atoms with E-state index >= 15 is 0 Å². The fourth-order valence-corrected chi connectivity index (χ4v) is 9.81. The summed E-state index contributed by atoms with van der Waals surface area (Å²) in [5.41, 5.74) is 6.64. The average Bonchev–Trinajstić information content (AvgIpc) is 3.46. The third-order valence-electron chi connectivity index (χ3n) is 11.6. The highest BCUT2D eigenvalue weighted by molar-refractivity contribution is 7.48. The minimum Gasteiger partial charge on any atom is -0.449 e. The van der Waals surface area contributed by atoms with E-state index in [4.69, 9.17) is 41.7 Å². The zero-order valence-corrected chi connectivity index (χ0v) is 37.0. The summed E-state index contributed by atoms with van der Waals surface area (Å²) < 4.78 is 69.9. The smallest absolute Gasteiger partial charge is 0.449 e. The molecule has 324 valence electrons. The second kappa shape index (κ2) is 19.2. The number of phosphoric acid groups is 1. The molecule has 5 atom stereocenters. The number of phosphoric ester groups is 1. The van der Waals surface area contributed by atoms with Crippen molar-refractivity contribution in [2.24, 2.45) is 0 Å². The Hall–Kier alpha value is -4.63. The number of carbonyl (C=O) groups is 2. The third-order valence-corrected chi connectivity index (χ3v) is 17.4. The van der Waals surface area contributed by atoms with Crippen LogP contribution in [0.25, 0.3) is 11.1 Å². The predicted molar refractivity (Wildman–Crippen MR) is 230 cm³/mol. The Morgan fingerprint density at radius 2 is 1.41 bits per heavy atom. The van der Waals surface area contributed by atoms with E-state index in [0.29, 0.717) is 0 Å². The van der Waals surface area contributed by atoms with Gasteiger partial charge in [0.2, 0.25) is 0 Å². The van der Waals surface area contributed by atoms with E-state index in [1.165, 1.54) is 6.08 Å². The first-order valence-corrected chi connectivity index (χ1v) is 24.8. The second-order valence-corrected chi connectivity index (χ2v) is 23.1. The van der Waals surface area contributed by atoms with E-state index in [9.17, 15) is 14.2 Å². The van der Waals surface area contributed by atoms with Crippen molar-refractivity contribution in [3.05, 3.63) is 144 Å². The number of ether oxygens (including phenoxy) is 5. The van der Waals surface area contributed by atoms with E-state index in [1.54, 1.807) is 0 Å². The number of alkyl carbamates (subject to hydrolysis) is 1. The van der Waals surface area contributed by atoms with Gasteiger partial charge in [-0.05, 0) is 57.1 Å². The van der Waals surface area contributed by atoms with Gasteiger partial charge < -0.3 is 33.4 Å². The van der Waals surface area contributed by atoms with Crippen LogP contribution in [0.5, 0.6) is 0 Å². The number of benzene rings is 4. The van der Waals surface area contributed by atoms with Crippen LogP contribution in [0.3, 0.4) is 0 Å². The first kappa shape index (κ1) is 44.4. The van der Waals surface area contributed by atoms with Gasteiger partial charge >= 0.3 is 20.1 Å². The number of nitrogens with one attached hydrogen (secondary N) is 1. The molecule has 4 aromatic carbocycles. The Morgan fingerprint density at radius 1 is 0.820 bits per heavy atom. The molecule has 1 N–H and O–H groups in total. The van der Waals surface area contributed by atoms with Crippen LogP contribution in [0.15, 0.2) is 116 Å². The molecule has 1 saturated heterocycles. The molecule has 1 amide bonds. The Morgan fingerprint density at radius 3 is 2.02 bits per heavy atom. The third kappa shape index (κ3) is 10.5. The second-order valence-electron chi connectivity index (χ2n) is 16.7. The molecule has 1 aliphatic carbocycles. The monoisotopic (exact) mass is 871 g/mol. The quantitative estimate of drug-likeness (QED) is 0.0557. The lowest BCUT2D eigenvalue weighted by Crippen LogP contribution is -2.68. The van der Waals surface area contributed by atoms with Gasteiger partial charge in [0, 0.05) is 5.92 Å². The number of hydrogen-bond donors (Lipinski definition) is 1. The van der Waals surface area contributed by atoms with Gasteiger partial charge in [-0.2, -0.15) is 0 Å². The number of fused-ring (bicyclic) bond motifs is 4. The standard InChI is InChI=1S/C46H54NO12PSi/c1-7-25-52-45(49)57-42-40(47-44(48)53-29-38-36-23-15-13-21-34(36)35-22-14-16-24-37(35)38)43(59-61(5,6)46(2,3)4)56-39(30-51-26-31-17-9-8-10-18-31)41(42)58-60(50)54-27-32-19-11-12-20-33(32)28-55-60/h7-24,38-43H,1,25-30H2,2-6H3,(H,47,48)/t39-,40-,41-,42-,43?/m1/s1. The van der Waals surface area contributed by atoms with Crippen LogP contribution in [0.2, 0.25) is 18.1 Å². The Labute approximate surface area is 358 Å². The summed E-state index contributed by atoms with van der Waals surface area (Å²) in [7, 11) is -7.15. The molecular weight excluding hydrogens is 818 g/mol. The molecule has 7 rings (SSSR count). The summed E-state index contributed by atoms with van der Waals surface area (Å²) in [5.74, 6) is -0.234. The van der Waals surface area contributed by atoms with Crippen LogP contribution in [-0.4, -0.2) is 71.0 Å². The van der Waals surface area contributed by atoms with Crippen LogP contribution in [0.1, 0.15) is 54.5 Å². The fraction of sp³-hybridized carbons (Fsp3) is 0.391. The van der Waals surface area contributed by atoms with Crippen LogP contribution >= 0.6 is 7.82 Å². The minimum atomic E-state index is -4.43. The van der Waals surface area contributed by atoms with Gasteiger partial charge in [0.05, 0.1) is 26.4 Å². The van der Waals surface area contributed by atoms with Crippen molar-refractivity contribution in [1.82, 2.24) is 5.32 Å². The molecule has 13 nitrogen and oxygen atoms in total. The number of carbonyl (C=O) groups excluding carboxylic acids is 2. The molecule has 61 heavy (non-hydrogen) atoms. The van der Waals surface area contributed by atoms with E-state index in [2.05, 4.69) is 44.8 Å². The van der Waals surface area contributed by atoms with Gasteiger partial charge in [0.1, 0.15) is 31.5 Å². The molecule has 1 unspecified atom stereocenters. The van der Waals surface area contributed by atoms with E-state index in [1.807, 2.05) is 104 Å². The molecule has 1 fully saturated rings. The summed E-state index contributed by atoms with van der Waals surface area (Å²) in [5, 5.41) is 2.58. The molecule has 0 aromatic heterocycles. The maximum Gasteiger partial charge on any atom is 0.509 e. The summed E-state index contributed by atoms with van der Waals surface area (Å²) in [6.45, 7) is 13.6. The largest absolute Gasteiger partial charge is 0.509 e. The minimum absolute atomic E-state index is 0.00140. The van der Waals surface area contributed by atoms with Crippen LogP contribution in [0.4, 0.5) is 9.59 Å². The Bertz CT molecular complexity index is 2140. The predicted octanol–water partition coefficient (Wildman–Crippen LogP) is 9.81. The SMILES string of the molecule is C=CCOC(=O)O[C@H]1[C@H](OP2(=O)OCc3ccccc3CO2)[C@@H](COCc2ccccc2)OC(O[Si](C)(C)C(C)(C)C)[C@@H]1NC(=O)OCC1c2ccccc2-c2ccccc21. The summed E-state index contributed by atoms with van der Waals surface area (Å²) in [6.07, 6.45) is -5.83. The lowest BCUT2D eigenvalue weighted by Gasteiger charge is -2.48. The van der Waals surface area contributed by atoms with Crippen LogP contribution < -0.4 is 5.32 Å². The topological polar surface area (TPSA) is 146 Å². The van der Waals surface area contributed by atoms with Crippen molar-refractivity contribution in [1.29, 1.82) is 0 Å². The summed E-state index contributed by atoms with van der Waals surface area (Å²) in [4.78, 5) is 27.6. The normalized spacial score (nSPS) is 22.1. The molecule has 15 heteroatoms. The van der Waals surface area contributed by atoms with Gasteiger partial charge in [0.25, 0.3) is 0 Å². The van der Waals surface area contributed by atoms with Gasteiger partial charge in [-0.3, -0.25) is 13.6 Å². The van der Waals surface area contributed by atoms with Gasteiger partial charge in [-0.25, -0.2) is 14.2 Å². The number of hydrogen-bond acceptors (Lipinski definition) is 12. The number of amides is 1. The Balaban J connectivity index is 1.22. The number of rotatable bonds is 14. The molecule has 0 bridgehead atoms. The van der Waals surface area contributed by atoms with Gasteiger partial charge in [0.15, 0.2) is 20.7 Å². The molecule has 0 radical (unpaired) electrons. The molecule has 2 aliphatic heterocycles. The molecule has 2 heterocycles. The van der Waals surface area contributed by atoms with Crippen molar-refractivity contribution in [2.75, 3.05) is 19.8 Å². The van der Waals surface area contributed by atoms with E-state index in [-0.39, 0.29) is 50.6 Å². The van der Waals surface area contributed by atoms with Crippen molar-refractivity contribution >= 4 is 28.4 Å². The molecule has 0 spiro atoms. The molecule has 4 aromatic rings.